The summed E-state index contributed by atoms with van der Waals surface area (Å²) in [6.45, 7) is 9.75. The van der Waals surface area contributed by atoms with Crippen LogP contribution >= 0.6 is 0 Å². The smallest absolute Gasteiger partial charge is 0.110 e. The Morgan fingerprint density at radius 1 is 1.05 bits per heavy atom. The van der Waals surface area contributed by atoms with Gasteiger partial charge < -0.3 is 4.57 Å². The molecule has 0 aliphatic carbocycles. The Bertz CT molecular complexity index is 797. The quantitative estimate of drug-likeness (QED) is 0.668. The predicted octanol–water partition coefficient (Wildman–Crippen LogP) is 4.90. The van der Waals surface area contributed by atoms with Crippen molar-refractivity contribution in [3.05, 3.63) is 65.0 Å². The maximum absolute atomic E-state index is 4.86. The number of benzene rings is 2. The molecule has 0 amide bonds. The number of aromatic nitrogens is 2. The van der Waals surface area contributed by atoms with Crippen LogP contribution in [-0.2, 0) is 13.0 Å². The zero-order valence-corrected chi connectivity index (χ0v) is 13.9. The zero-order valence-electron chi connectivity index (χ0n) is 13.9. The molecule has 0 aliphatic heterocycles. The lowest BCUT2D eigenvalue weighted by atomic mass is 10.1. The summed E-state index contributed by atoms with van der Waals surface area (Å²) in [5, 5.41) is 0. The lowest BCUT2D eigenvalue weighted by Crippen LogP contribution is -2.09. The van der Waals surface area contributed by atoms with Crippen LogP contribution in [-0.4, -0.2) is 9.55 Å². The normalized spacial score (nSPS) is 11.5. The fourth-order valence-electron chi connectivity index (χ4n) is 2.96. The van der Waals surface area contributed by atoms with Gasteiger partial charge in [-0.2, -0.15) is 0 Å². The molecule has 0 saturated carbocycles. The minimum atomic E-state index is 0.606. The van der Waals surface area contributed by atoms with Gasteiger partial charge in [-0.3, -0.25) is 0 Å². The van der Waals surface area contributed by atoms with E-state index >= 15 is 0 Å². The second kappa shape index (κ2) is 5.96. The molecule has 2 heteroatoms. The van der Waals surface area contributed by atoms with E-state index in [4.69, 9.17) is 4.98 Å². The lowest BCUT2D eigenvalue weighted by Gasteiger charge is -2.13. The third kappa shape index (κ3) is 2.92. The van der Waals surface area contributed by atoms with Gasteiger partial charge in [0.05, 0.1) is 11.0 Å². The highest BCUT2D eigenvalue weighted by molar-refractivity contribution is 5.76. The molecule has 0 unspecified atom stereocenters. The van der Waals surface area contributed by atoms with E-state index in [2.05, 4.69) is 74.7 Å². The van der Waals surface area contributed by atoms with Crippen LogP contribution in [0.3, 0.4) is 0 Å². The van der Waals surface area contributed by atoms with Crippen LogP contribution in [0, 0.1) is 19.8 Å². The second-order valence-electron chi connectivity index (χ2n) is 6.63. The van der Waals surface area contributed by atoms with Crippen molar-refractivity contribution < 1.29 is 0 Å². The standard InChI is InChI=1S/C20H24N2/c1-14(2)11-20-21-18-7-5-6-8-19(18)22(20)13-17-12-15(3)9-10-16(17)4/h5-10,12,14H,11,13H2,1-4H3. The molecule has 3 rings (SSSR count). The molecule has 3 aromatic rings. The van der Waals surface area contributed by atoms with Crippen LogP contribution in [0.4, 0.5) is 0 Å². The summed E-state index contributed by atoms with van der Waals surface area (Å²) in [6.07, 6.45) is 1.01. The van der Waals surface area contributed by atoms with E-state index in [0.717, 1.165) is 18.5 Å². The maximum Gasteiger partial charge on any atom is 0.110 e. The van der Waals surface area contributed by atoms with Crippen LogP contribution in [0.25, 0.3) is 11.0 Å². The average Bonchev–Trinajstić information content (AvgIpc) is 2.80. The summed E-state index contributed by atoms with van der Waals surface area (Å²) in [5.74, 6) is 1.80. The average molecular weight is 292 g/mol. The maximum atomic E-state index is 4.86. The van der Waals surface area contributed by atoms with E-state index in [0.29, 0.717) is 5.92 Å². The number of imidazole rings is 1. The SMILES string of the molecule is Cc1ccc(C)c(Cn2c(CC(C)C)nc3ccccc32)c1. The van der Waals surface area contributed by atoms with Gasteiger partial charge >= 0.3 is 0 Å². The third-order valence-corrected chi connectivity index (χ3v) is 4.16. The Labute approximate surface area is 132 Å². The number of hydrogen-bond donors (Lipinski definition) is 0. The zero-order chi connectivity index (χ0) is 15.7. The molecule has 0 spiro atoms. The third-order valence-electron chi connectivity index (χ3n) is 4.16. The minimum absolute atomic E-state index is 0.606. The first kappa shape index (κ1) is 14.8. The Hall–Kier alpha value is -2.09. The van der Waals surface area contributed by atoms with Crippen LogP contribution < -0.4 is 0 Å². The van der Waals surface area contributed by atoms with Crippen LogP contribution in [0.1, 0.15) is 36.4 Å². The topological polar surface area (TPSA) is 17.8 Å². The van der Waals surface area contributed by atoms with E-state index in [1.54, 1.807) is 0 Å². The van der Waals surface area contributed by atoms with E-state index < -0.39 is 0 Å². The summed E-state index contributed by atoms with van der Waals surface area (Å²) in [5.41, 5.74) is 6.38. The van der Waals surface area contributed by atoms with Crippen molar-refractivity contribution in [3.8, 4) is 0 Å². The lowest BCUT2D eigenvalue weighted by molar-refractivity contribution is 0.594. The molecule has 22 heavy (non-hydrogen) atoms. The summed E-state index contributed by atoms with van der Waals surface area (Å²) in [7, 11) is 0. The first-order chi connectivity index (χ1) is 10.5. The molecular weight excluding hydrogens is 268 g/mol. The minimum Gasteiger partial charge on any atom is -0.323 e. The van der Waals surface area contributed by atoms with Gasteiger partial charge in [-0.15, -0.1) is 0 Å². The van der Waals surface area contributed by atoms with E-state index in [-0.39, 0.29) is 0 Å². The van der Waals surface area contributed by atoms with Crippen molar-refractivity contribution in [2.45, 2.75) is 40.7 Å². The summed E-state index contributed by atoms with van der Waals surface area (Å²) in [6, 6.07) is 15.1. The molecule has 0 fully saturated rings. The number of aryl methyl sites for hydroxylation is 2. The molecule has 0 radical (unpaired) electrons. The van der Waals surface area contributed by atoms with Gasteiger partial charge in [0, 0.05) is 13.0 Å². The van der Waals surface area contributed by atoms with Crippen molar-refractivity contribution in [3.63, 3.8) is 0 Å². The van der Waals surface area contributed by atoms with Gasteiger partial charge in [0.2, 0.25) is 0 Å². The van der Waals surface area contributed by atoms with Gasteiger partial charge in [-0.1, -0.05) is 49.7 Å². The Morgan fingerprint density at radius 3 is 2.59 bits per heavy atom. The Balaban J connectivity index is 2.09. The number of hydrogen-bond acceptors (Lipinski definition) is 1. The number of nitrogens with zero attached hydrogens (tertiary/aromatic N) is 2. The number of rotatable bonds is 4. The molecule has 0 saturated heterocycles. The van der Waals surface area contributed by atoms with E-state index in [1.807, 2.05) is 0 Å². The molecule has 1 aromatic heterocycles. The van der Waals surface area contributed by atoms with Crippen LogP contribution in [0.2, 0.25) is 0 Å². The highest BCUT2D eigenvalue weighted by atomic mass is 15.1. The first-order valence-electron chi connectivity index (χ1n) is 8.05. The van der Waals surface area contributed by atoms with Crippen LogP contribution in [0.5, 0.6) is 0 Å². The number of para-hydroxylation sites is 2. The fourth-order valence-corrected chi connectivity index (χ4v) is 2.96. The summed E-state index contributed by atoms with van der Waals surface area (Å²) < 4.78 is 2.39. The van der Waals surface area contributed by atoms with Crippen molar-refractivity contribution in [2.75, 3.05) is 0 Å². The molecule has 0 atom stereocenters. The van der Waals surface area contributed by atoms with Crippen molar-refractivity contribution >= 4 is 11.0 Å². The van der Waals surface area contributed by atoms with Gasteiger partial charge in [0.1, 0.15) is 5.82 Å². The molecule has 0 N–H and O–H groups in total. The predicted molar refractivity (Wildman–Crippen MR) is 93.3 cm³/mol. The molecule has 2 nitrogen and oxygen atoms in total. The molecular formula is C20H24N2. The van der Waals surface area contributed by atoms with E-state index in [9.17, 15) is 0 Å². The molecule has 0 aliphatic rings. The highest BCUT2D eigenvalue weighted by Gasteiger charge is 2.13. The monoisotopic (exact) mass is 292 g/mol. The molecule has 1 heterocycles. The summed E-state index contributed by atoms with van der Waals surface area (Å²) >= 11 is 0. The second-order valence-corrected chi connectivity index (χ2v) is 6.63. The van der Waals surface area contributed by atoms with Crippen molar-refractivity contribution in [2.24, 2.45) is 5.92 Å². The Morgan fingerprint density at radius 2 is 1.82 bits per heavy atom. The van der Waals surface area contributed by atoms with Crippen molar-refractivity contribution in [1.29, 1.82) is 0 Å². The van der Waals surface area contributed by atoms with Gasteiger partial charge in [0.15, 0.2) is 0 Å². The van der Waals surface area contributed by atoms with Crippen LogP contribution in [0.15, 0.2) is 42.5 Å². The Kier molecular flexibility index (Phi) is 4.02. The molecule has 0 bridgehead atoms. The largest absolute Gasteiger partial charge is 0.323 e. The van der Waals surface area contributed by atoms with Crippen molar-refractivity contribution in [1.82, 2.24) is 9.55 Å². The summed E-state index contributed by atoms with van der Waals surface area (Å²) in [4.78, 5) is 4.86. The first-order valence-corrected chi connectivity index (χ1v) is 8.05. The van der Waals surface area contributed by atoms with Gasteiger partial charge in [-0.05, 0) is 43.0 Å². The molecule has 2 aromatic carbocycles. The van der Waals surface area contributed by atoms with E-state index in [1.165, 1.54) is 28.0 Å². The highest BCUT2D eigenvalue weighted by Crippen LogP contribution is 2.21. The number of fused-ring (bicyclic) bond motifs is 1. The fraction of sp³-hybridized carbons (Fsp3) is 0.350. The molecule has 114 valence electrons. The van der Waals surface area contributed by atoms with Gasteiger partial charge in [0.25, 0.3) is 0 Å². The van der Waals surface area contributed by atoms with Gasteiger partial charge in [-0.25, -0.2) is 4.98 Å².